The number of aromatic nitrogens is 5. The number of rotatable bonds is 1. The maximum absolute atomic E-state index is 4.06. The molecule has 0 saturated heterocycles. The van der Waals surface area contributed by atoms with Crippen LogP contribution < -0.4 is 0 Å². The zero-order valence-electron chi connectivity index (χ0n) is 6.72. The molecule has 5 nitrogen and oxygen atoms in total. The first kappa shape index (κ1) is 7.48. The molecular weight excluding hydrogens is 174 g/mol. The van der Waals surface area contributed by atoms with Gasteiger partial charge in [0.25, 0.3) is 0 Å². The maximum Gasteiger partial charge on any atom is 0.204 e. The Bertz CT molecular complexity index is 409. The molecule has 0 aromatic carbocycles. The first-order valence-corrected chi connectivity index (χ1v) is 4.60. The number of nitrogens with zero attached hydrogens (tertiary/aromatic N) is 5. The average Bonchev–Trinajstić information content (AvgIpc) is 2.48. The summed E-state index contributed by atoms with van der Waals surface area (Å²) in [5, 5.41) is 12.2. The Balaban J connectivity index is 2.84. The molecular formula is C6H7N5S. The molecule has 62 valence electrons. The van der Waals surface area contributed by atoms with Crippen molar-refractivity contribution in [1.29, 1.82) is 0 Å². The van der Waals surface area contributed by atoms with E-state index in [1.165, 1.54) is 0 Å². The molecule has 0 spiro atoms. The minimum atomic E-state index is 0.650. The Hall–Kier alpha value is -1.17. The van der Waals surface area contributed by atoms with E-state index < -0.39 is 0 Å². The highest BCUT2D eigenvalue weighted by Crippen LogP contribution is 2.19. The summed E-state index contributed by atoms with van der Waals surface area (Å²) in [5.41, 5.74) is 1.59. The standard InChI is InChI=1S/C6H7N5S/c1-11-3-7-5-4(11)6(12-2)9-10-8-5/h3H,1-2H3. The molecule has 0 amide bonds. The smallest absolute Gasteiger partial charge is 0.204 e. The normalized spacial score (nSPS) is 10.8. The second kappa shape index (κ2) is 2.71. The third-order valence-corrected chi connectivity index (χ3v) is 2.25. The van der Waals surface area contributed by atoms with Gasteiger partial charge in [-0.2, -0.15) is 0 Å². The van der Waals surface area contributed by atoms with Gasteiger partial charge < -0.3 is 4.57 Å². The summed E-state index contributed by atoms with van der Waals surface area (Å²) in [6, 6.07) is 0. The van der Waals surface area contributed by atoms with Gasteiger partial charge in [-0.25, -0.2) is 4.98 Å². The van der Waals surface area contributed by atoms with Crippen LogP contribution in [-0.2, 0) is 7.05 Å². The van der Waals surface area contributed by atoms with Gasteiger partial charge in [0.05, 0.1) is 6.33 Å². The highest BCUT2D eigenvalue weighted by Gasteiger charge is 2.07. The topological polar surface area (TPSA) is 56.5 Å². The summed E-state index contributed by atoms with van der Waals surface area (Å²) in [6.07, 6.45) is 3.66. The highest BCUT2D eigenvalue weighted by atomic mass is 32.2. The molecule has 0 aliphatic heterocycles. The fourth-order valence-corrected chi connectivity index (χ4v) is 1.57. The predicted octanol–water partition coefficient (Wildman–Crippen LogP) is 0.480. The van der Waals surface area contributed by atoms with Gasteiger partial charge in [-0.1, -0.05) is 0 Å². The van der Waals surface area contributed by atoms with E-state index in [0.717, 1.165) is 10.5 Å². The fraction of sp³-hybridized carbons (Fsp3) is 0.333. The SMILES string of the molecule is CSc1nnnc2ncn(C)c12. The third kappa shape index (κ3) is 0.953. The average molecular weight is 181 g/mol. The van der Waals surface area contributed by atoms with Gasteiger partial charge in [0.15, 0.2) is 0 Å². The number of hydrogen-bond donors (Lipinski definition) is 0. The monoisotopic (exact) mass is 181 g/mol. The summed E-state index contributed by atoms with van der Waals surface area (Å²) in [5.74, 6) is 0. The van der Waals surface area contributed by atoms with Crippen molar-refractivity contribution in [3.05, 3.63) is 6.33 Å². The van der Waals surface area contributed by atoms with E-state index in [0.29, 0.717) is 5.65 Å². The van der Waals surface area contributed by atoms with Crippen LogP contribution in [0.4, 0.5) is 0 Å². The first-order chi connectivity index (χ1) is 5.83. The molecule has 2 rings (SSSR count). The minimum Gasteiger partial charge on any atom is -0.330 e. The second-order valence-electron chi connectivity index (χ2n) is 2.33. The molecule has 2 heterocycles. The number of fused-ring (bicyclic) bond motifs is 1. The number of hydrogen-bond acceptors (Lipinski definition) is 5. The lowest BCUT2D eigenvalue weighted by Crippen LogP contribution is -1.94. The van der Waals surface area contributed by atoms with E-state index in [9.17, 15) is 0 Å². The van der Waals surface area contributed by atoms with Crippen molar-refractivity contribution < 1.29 is 0 Å². The van der Waals surface area contributed by atoms with Gasteiger partial charge in [-0.3, -0.25) is 0 Å². The molecule has 0 N–H and O–H groups in total. The largest absolute Gasteiger partial charge is 0.330 e. The summed E-state index contributed by atoms with van der Waals surface area (Å²) >= 11 is 1.54. The van der Waals surface area contributed by atoms with Crippen molar-refractivity contribution in [3.63, 3.8) is 0 Å². The molecule has 0 atom stereocenters. The van der Waals surface area contributed by atoms with E-state index in [2.05, 4.69) is 20.4 Å². The molecule has 0 aliphatic carbocycles. The van der Waals surface area contributed by atoms with E-state index in [1.807, 2.05) is 17.9 Å². The van der Waals surface area contributed by atoms with Crippen molar-refractivity contribution >= 4 is 22.9 Å². The van der Waals surface area contributed by atoms with Gasteiger partial charge in [0, 0.05) is 7.05 Å². The third-order valence-electron chi connectivity index (χ3n) is 1.59. The van der Waals surface area contributed by atoms with E-state index in [1.54, 1.807) is 18.1 Å². The molecule has 0 saturated carbocycles. The lowest BCUT2D eigenvalue weighted by atomic mass is 10.6. The molecule has 6 heteroatoms. The zero-order chi connectivity index (χ0) is 8.55. The first-order valence-electron chi connectivity index (χ1n) is 3.37. The molecule has 0 fully saturated rings. The van der Waals surface area contributed by atoms with Crippen molar-refractivity contribution in [1.82, 2.24) is 25.0 Å². The Labute approximate surface area is 73.2 Å². The van der Waals surface area contributed by atoms with Crippen LogP contribution in [0.15, 0.2) is 11.4 Å². The Morgan fingerprint density at radius 3 is 3.00 bits per heavy atom. The van der Waals surface area contributed by atoms with Crippen molar-refractivity contribution in [3.8, 4) is 0 Å². The fourth-order valence-electron chi connectivity index (χ4n) is 1.03. The van der Waals surface area contributed by atoms with Crippen LogP contribution in [0.3, 0.4) is 0 Å². The van der Waals surface area contributed by atoms with Crippen LogP contribution in [0.25, 0.3) is 11.2 Å². The van der Waals surface area contributed by atoms with Crippen LogP contribution in [0, 0.1) is 0 Å². The molecule has 0 aliphatic rings. The van der Waals surface area contributed by atoms with E-state index >= 15 is 0 Å². The number of aryl methyl sites for hydroxylation is 1. The summed E-state index contributed by atoms with van der Waals surface area (Å²) in [6.45, 7) is 0. The van der Waals surface area contributed by atoms with Crippen LogP contribution in [-0.4, -0.2) is 31.2 Å². The molecule has 0 radical (unpaired) electrons. The van der Waals surface area contributed by atoms with E-state index in [-0.39, 0.29) is 0 Å². The van der Waals surface area contributed by atoms with Gasteiger partial charge in [0.2, 0.25) is 5.65 Å². The zero-order valence-corrected chi connectivity index (χ0v) is 7.54. The summed E-state index contributed by atoms with van der Waals surface area (Å²) in [4.78, 5) is 4.06. The minimum absolute atomic E-state index is 0.650. The van der Waals surface area contributed by atoms with Crippen LogP contribution in [0.1, 0.15) is 0 Å². The summed E-state index contributed by atoms with van der Waals surface area (Å²) in [7, 11) is 1.92. The Morgan fingerprint density at radius 1 is 1.42 bits per heavy atom. The van der Waals surface area contributed by atoms with Crippen LogP contribution in [0.5, 0.6) is 0 Å². The van der Waals surface area contributed by atoms with Crippen LogP contribution >= 0.6 is 11.8 Å². The summed E-state index contributed by atoms with van der Waals surface area (Å²) < 4.78 is 1.89. The lowest BCUT2D eigenvalue weighted by molar-refractivity contribution is 0.820. The lowest BCUT2D eigenvalue weighted by Gasteiger charge is -1.96. The number of thioether (sulfide) groups is 1. The highest BCUT2D eigenvalue weighted by molar-refractivity contribution is 7.98. The molecule has 2 aromatic rings. The van der Waals surface area contributed by atoms with Gasteiger partial charge in [-0.05, 0) is 11.5 Å². The molecule has 0 unspecified atom stereocenters. The Morgan fingerprint density at radius 2 is 2.25 bits per heavy atom. The van der Waals surface area contributed by atoms with Gasteiger partial charge in [-0.15, -0.1) is 22.0 Å². The van der Waals surface area contributed by atoms with Crippen molar-refractivity contribution in [2.75, 3.05) is 6.26 Å². The van der Waals surface area contributed by atoms with Crippen molar-refractivity contribution in [2.24, 2.45) is 7.05 Å². The Kier molecular flexibility index (Phi) is 1.69. The predicted molar refractivity (Wildman–Crippen MR) is 45.9 cm³/mol. The van der Waals surface area contributed by atoms with Gasteiger partial charge >= 0.3 is 0 Å². The molecule has 2 aromatic heterocycles. The van der Waals surface area contributed by atoms with E-state index in [4.69, 9.17) is 0 Å². The molecule has 12 heavy (non-hydrogen) atoms. The maximum atomic E-state index is 4.06. The van der Waals surface area contributed by atoms with Gasteiger partial charge in [0.1, 0.15) is 10.5 Å². The number of imidazole rings is 1. The van der Waals surface area contributed by atoms with Crippen molar-refractivity contribution in [2.45, 2.75) is 5.03 Å². The second-order valence-corrected chi connectivity index (χ2v) is 3.12. The quantitative estimate of drug-likeness (QED) is 0.599. The molecule has 0 bridgehead atoms. The van der Waals surface area contributed by atoms with Crippen LogP contribution in [0.2, 0.25) is 0 Å².